The van der Waals surface area contributed by atoms with Crippen molar-refractivity contribution in [3.05, 3.63) is 99.5 Å². The van der Waals surface area contributed by atoms with Crippen LogP contribution in [-0.2, 0) is 17.8 Å². The van der Waals surface area contributed by atoms with Gasteiger partial charge < -0.3 is 14.6 Å². The van der Waals surface area contributed by atoms with Crippen molar-refractivity contribution >= 4 is 29.3 Å². The summed E-state index contributed by atoms with van der Waals surface area (Å²) in [5.74, 6) is -0.168. The molecule has 1 N–H and O–H groups in total. The highest BCUT2D eigenvalue weighted by Gasteiger charge is 2.23. The highest BCUT2D eigenvalue weighted by atomic mass is 16.6. The number of nitrogens with one attached hydrogen (secondary N) is 1. The number of hydrogen-bond donors (Lipinski definition) is 1. The Morgan fingerprint density at radius 3 is 2.61 bits per heavy atom. The van der Waals surface area contributed by atoms with Crippen LogP contribution in [0.5, 0.6) is 0 Å². The van der Waals surface area contributed by atoms with E-state index in [1.165, 1.54) is 24.5 Å². The predicted octanol–water partition coefficient (Wildman–Crippen LogP) is 4.04. The Labute approximate surface area is 177 Å². The maximum Gasteiger partial charge on any atom is 0.289 e. The third-order valence-electron chi connectivity index (χ3n) is 5.04. The van der Waals surface area contributed by atoms with Crippen LogP contribution in [0.1, 0.15) is 27.2 Å². The van der Waals surface area contributed by atoms with E-state index in [1.54, 1.807) is 35.2 Å². The molecule has 3 aromatic rings. The molecular formula is C23H19N3O5. The molecule has 1 aliphatic heterocycles. The Kier molecular flexibility index (Phi) is 5.61. The van der Waals surface area contributed by atoms with Gasteiger partial charge in [-0.15, -0.1) is 0 Å². The van der Waals surface area contributed by atoms with Gasteiger partial charge in [-0.1, -0.05) is 6.07 Å². The van der Waals surface area contributed by atoms with Gasteiger partial charge >= 0.3 is 0 Å². The molecule has 1 aliphatic rings. The zero-order valence-corrected chi connectivity index (χ0v) is 16.5. The third-order valence-corrected chi connectivity index (χ3v) is 5.04. The molecule has 2 aromatic carbocycles. The van der Waals surface area contributed by atoms with E-state index in [0.717, 1.165) is 17.5 Å². The first-order valence-corrected chi connectivity index (χ1v) is 9.68. The van der Waals surface area contributed by atoms with Crippen LogP contribution in [0.2, 0.25) is 0 Å². The summed E-state index contributed by atoms with van der Waals surface area (Å²) >= 11 is 0. The first-order chi connectivity index (χ1) is 15.0. The van der Waals surface area contributed by atoms with E-state index in [2.05, 4.69) is 5.32 Å². The number of hydrogen-bond acceptors (Lipinski definition) is 5. The van der Waals surface area contributed by atoms with Crippen molar-refractivity contribution in [2.75, 3.05) is 11.9 Å². The lowest BCUT2D eigenvalue weighted by Crippen LogP contribution is -2.35. The number of benzene rings is 2. The normalized spacial score (nSPS) is 13.1. The van der Waals surface area contributed by atoms with Gasteiger partial charge in [0.15, 0.2) is 5.76 Å². The number of carbonyl (C=O) groups excluding carboxylic acids is 2. The van der Waals surface area contributed by atoms with Crippen LogP contribution >= 0.6 is 0 Å². The average molecular weight is 417 g/mol. The number of rotatable bonds is 5. The van der Waals surface area contributed by atoms with Crippen molar-refractivity contribution in [3.8, 4) is 0 Å². The summed E-state index contributed by atoms with van der Waals surface area (Å²) in [5, 5.41) is 13.5. The number of anilines is 1. The van der Waals surface area contributed by atoms with Gasteiger partial charge in [0.1, 0.15) is 0 Å². The molecule has 0 fully saturated rings. The maximum absolute atomic E-state index is 12.5. The molecule has 156 valence electrons. The van der Waals surface area contributed by atoms with Crippen molar-refractivity contribution in [2.24, 2.45) is 0 Å². The molecule has 0 bridgehead atoms. The Balaban J connectivity index is 1.40. The zero-order valence-electron chi connectivity index (χ0n) is 16.5. The Hall–Kier alpha value is -4.20. The van der Waals surface area contributed by atoms with Gasteiger partial charge in [-0.3, -0.25) is 19.7 Å². The van der Waals surface area contributed by atoms with Gasteiger partial charge in [-0.05, 0) is 65.6 Å². The fourth-order valence-electron chi connectivity index (χ4n) is 3.43. The molecule has 0 saturated carbocycles. The SMILES string of the molecule is O=C(/C=C/c1ccc([N+](=O)[O-])cc1)Nc1ccc2c(c1)CN(C(=O)c1ccco1)CC2. The second kappa shape index (κ2) is 8.66. The number of nitrogens with zero attached hydrogens (tertiary/aromatic N) is 2. The van der Waals surface area contributed by atoms with Crippen molar-refractivity contribution in [1.29, 1.82) is 0 Å². The molecule has 8 heteroatoms. The van der Waals surface area contributed by atoms with Gasteiger partial charge in [-0.2, -0.15) is 0 Å². The van der Waals surface area contributed by atoms with Gasteiger partial charge in [-0.25, -0.2) is 0 Å². The lowest BCUT2D eigenvalue weighted by atomic mass is 9.99. The van der Waals surface area contributed by atoms with Crippen LogP contribution in [0.25, 0.3) is 6.08 Å². The molecule has 8 nitrogen and oxygen atoms in total. The van der Waals surface area contributed by atoms with Crippen molar-refractivity contribution in [2.45, 2.75) is 13.0 Å². The summed E-state index contributed by atoms with van der Waals surface area (Å²) in [6.45, 7) is 1.05. The monoisotopic (exact) mass is 417 g/mol. The minimum absolute atomic E-state index is 0.00441. The molecule has 0 radical (unpaired) electrons. The summed E-state index contributed by atoms with van der Waals surface area (Å²) in [5.41, 5.74) is 3.42. The molecule has 31 heavy (non-hydrogen) atoms. The Morgan fingerprint density at radius 1 is 1.10 bits per heavy atom. The molecule has 0 spiro atoms. The lowest BCUT2D eigenvalue weighted by Gasteiger charge is -2.28. The highest BCUT2D eigenvalue weighted by Crippen LogP contribution is 2.24. The Morgan fingerprint density at radius 2 is 1.90 bits per heavy atom. The largest absolute Gasteiger partial charge is 0.459 e. The quantitative estimate of drug-likeness (QED) is 0.383. The number of fused-ring (bicyclic) bond motifs is 1. The van der Waals surface area contributed by atoms with Crippen molar-refractivity contribution in [3.63, 3.8) is 0 Å². The zero-order chi connectivity index (χ0) is 21.8. The molecule has 0 aliphatic carbocycles. The van der Waals surface area contributed by atoms with E-state index in [9.17, 15) is 19.7 Å². The van der Waals surface area contributed by atoms with E-state index in [-0.39, 0.29) is 17.5 Å². The minimum Gasteiger partial charge on any atom is -0.459 e. The molecule has 2 amide bonds. The van der Waals surface area contributed by atoms with Gasteiger partial charge in [0.2, 0.25) is 5.91 Å². The van der Waals surface area contributed by atoms with E-state index in [0.29, 0.717) is 30.1 Å². The van der Waals surface area contributed by atoms with E-state index in [1.807, 2.05) is 18.2 Å². The van der Waals surface area contributed by atoms with Gasteiger partial charge in [0, 0.05) is 37.0 Å². The summed E-state index contributed by atoms with van der Waals surface area (Å²) in [7, 11) is 0. The second-order valence-electron chi connectivity index (χ2n) is 7.11. The van der Waals surface area contributed by atoms with E-state index >= 15 is 0 Å². The molecule has 0 atom stereocenters. The van der Waals surface area contributed by atoms with Gasteiger partial charge in [0.05, 0.1) is 11.2 Å². The fraction of sp³-hybridized carbons (Fsp3) is 0.130. The van der Waals surface area contributed by atoms with Crippen molar-refractivity contribution in [1.82, 2.24) is 4.90 Å². The van der Waals surface area contributed by atoms with Crippen LogP contribution in [0, 0.1) is 10.1 Å². The standard InChI is InChI=1S/C23H19N3O5/c27-22(10-5-16-3-8-20(9-4-16)26(29)30)24-19-7-6-17-11-12-25(15-18(17)14-19)23(28)21-2-1-13-31-21/h1-10,13-14H,11-12,15H2,(H,24,27)/b10-5+. The number of furan rings is 1. The summed E-state index contributed by atoms with van der Waals surface area (Å²) in [6, 6.07) is 14.9. The summed E-state index contributed by atoms with van der Waals surface area (Å²) < 4.78 is 5.21. The summed E-state index contributed by atoms with van der Waals surface area (Å²) in [6.07, 6.45) is 5.16. The van der Waals surface area contributed by atoms with Crippen LogP contribution in [0.15, 0.2) is 71.4 Å². The first kappa shape index (κ1) is 20.1. The van der Waals surface area contributed by atoms with E-state index < -0.39 is 4.92 Å². The average Bonchev–Trinajstić information content (AvgIpc) is 3.32. The molecule has 1 aromatic heterocycles. The van der Waals surface area contributed by atoms with Gasteiger partial charge in [0.25, 0.3) is 11.6 Å². The Bertz CT molecular complexity index is 1150. The maximum atomic E-state index is 12.5. The smallest absolute Gasteiger partial charge is 0.289 e. The predicted molar refractivity (Wildman–Crippen MR) is 114 cm³/mol. The van der Waals surface area contributed by atoms with Crippen LogP contribution in [0.4, 0.5) is 11.4 Å². The van der Waals surface area contributed by atoms with Crippen LogP contribution < -0.4 is 5.32 Å². The third kappa shape index (κ3) is 4.69. The minimum atomic E-state index is -0.473. The number of nitro benzene ring substituents is 1. The molecule has 0 unspecified atom stereocenters. The number of non-ortho nitro benzene ring substituents is 1. The molecule has 2 heterocycles. The highest BCUT2D eigenvalue weighted by molar-refractivity contribution is 6.02. The number of carbonyl (C=O) groups is 2. The lowest BCUT2D eigenvalue weighted by molar-refractivity contribution is -0.384. The molecule has 0 saturated heterocycles. The summed E-state index contributed by atoms with van der Waals surface area (Å²) in [4.78, 5) is 36.8. The number of nitro groups is 1. The van der Waals surface area contributed by atoms with Crippen LogP contribution in [0.3, 0.4) is 0 Å². The first-order valence-electron chi connectivity index (χ1n) is 9.68. The second-order valence-corrected chi connectivity index (χ2v) is 7.11. The van der Waals surface area contributed by atoms with E-state index in [4.69, 9.17) is 4.42 Å². The topological polar surface area (TPSA) is 106 Å². The van der Waals surface area contributed by atoms with Crippen LogP contribution in [-0.4, -0.2) is 28.2 Å². The fourth-order valence-corrected chi connectivity index (χ4v) is 3.43. The number of amides is 2. The van der Waals surface area contributed by atoms with Crippen molar-refractivity contribution < 1.29 is 18.9 Å². The molecular weight excluding hydrogens is 398 g/mol. The molecule has 4 rings (SSSR count).